The van der Waals surface area contributed by atoms with Crippen molar-refractivity contribution in [2.75, 3.05) is 12.4 Å². The van der Waals surface area contributed by atoms with Gasteiger partial charge in [-0.15, -0.1) is 0 Å². The number of ether oxygens (including phenoxy) is 2. The lowest BCUT2D eigenvalue weighted by atomic mass is 10.2. The zero-order valence-electron chi connectivity index (χ0n) is 20.2. The Morgan fingerprint density at radius 2 is 2.00 bits per heavy atom. The summed E-state index contributed by atoms with van der Waals surface area (Å²) in [6.45, 7) is 1.97. The number of fused-ring (bicyclic) bond motifs is 2. The monoisotopic (exact) mass is 495 g/mol. The Kier molecular flexibility index (Phi) is 5.29. The quantitative estimate of drug-likeness (QED) is 0.321. The van der Waals surface area contributed by atoms with Gasteiger partial charge in [0.25, 0.3) is 0 Å². The maximum absolute atomic E-state index is 11.9. The molecule has 0 radical (unpaired) electrons. The third-order valence-corrected chi connectivity index (χ3v) is 5.91. The van der Waals surface area contributed by atoms with Gasteiger partial charge in [-0.05, 0) is 42.8 Å². The lowest BCUT2D eigenvalue weighted by Gasteiger charge is -2.14. The number of oxazole rings is 1. The van der Waals surface area contributed by atoms with Gasteiger partial charge in [-0.1, -0.05) is 0 Å². The molecule has 0 spiro atoms. The van der Waals surface area contributed by atoms with Crippen LogP contribution >= 0.6 is 0 Å². The largest absolute Gasteiger partial charge is 0.464 e. The van der Waals surface area contributed by atoms with Crippen molar-refractivity contribution in [3.05, 3.63) is 78.7 Å². The summed E-state index contributed by atoms with van der Waals surface area (Å²) in [4.78, 5) is 24.9. The molecule has 1 N–H and O–H groups in total. The molecular formula is C26H21N7O4. The van der Waals surface area contributed by atoms with E-state index in [0.29, 0.717) is 22.8 Å². The van der Waals surface area contributed by atoms with Crippen molar-refractivity contribution in [3.8, 4) is 23.0 Å². The average molecular weight is 495 g/mol. The van der Waals surface area contributed by atoms with Gasteiger partial charge in [-0.25, -0.2) is 19.7 Å². The van der Waals surface area contributed by atoms with Crippen LogP contribution in [0.5, 0.6) is 11.5 Å². The van der Waals surface area contributed by atoms with E-state index in [0.717, 1.165) is 28.0 Å². The number of nitrogens with zero attached hydrogens (tertiary/aromatic N) is 6. The van der Waals surface area contributed by atoms with E-state index in [1.807, 2.05) is 54.9 Å². The molecule has 6 rings (SSSR count). The number of benzene rings is 2. The fourth-order valence-corrected chi connectivity index (χ4v) is 4.03. The normalized spacial score (nSPS) is 11.2. The van der Waals surface area contributed by atoms with Crippen LogP contribution in [0.2, 0.25) is 0 Å². The minimum absolute atomic E-state index is 0.0604. The van der Waals surface area contributed by atoms with Gasteiger partial charge in [-0.2, -0.15) is 9.61 Å². The Hall–Kier alpha value is -5.19. The van der Waals surface area contributed by atoms with Gasteiger partial charge in [0, 0.05) is 31.1 Å². The van der Waals surface area contributed by atoms with E-state index >= 15 is 0 Å². The first-order valence-corrected chi connectivity index (χ1v) is 11.3. The Labute approximate surface area is 210 Å². The van der Waals surface area contributed by atoms with Crippen LogP contribution in [0.4, 0.5) is 11.5 Å². The van der Waals surface area contributed by atoms with E-state index in [1.54, 1.807) is 29.3 Å². The standard InChI is InChI=1S/C26H21N7O4/c1-15-10-16(4-7-22(15)37-17-5-6-21-19(11-17)28-14-32(21)2)30-24-18(12-27-23-8-9-29-33(23)24)25-31-20(13-36-25)26(34)35-3/h4-14,30H,1-3H3. The van der Waals surface area contributed by atoms with Gasteiger partial charge in [0.1, 0.15) is 23.6 Å². The summed E-state index contributed by atoms with van der Waals surface area (Å²) in [5.41, 5.74) is 4.82. The summed E-state index contributed by atoms with van der Waals surface area (Å²) in [5.74, 6) is 1.60. The SMILES string of the molecule is COC(=O)c1coc(-c2cnc3ccnn3c2Nc2ccc(Oc3ccc4c(c3)ncn4C)c(C)c2)n1. The number of carbonyl (C=O) groups is 1. The van der Waals surface area contributed by atoms with Gasteiger partial charge in [0.05, 0.1) is 36.2 Å². The van der Waals surface area contributed by atoms with Crippen LogP contribution in [-0.2, 0) is 11.8 Å². The molecule has 0 saturated carbocycles. The Bertz CT molecular complexity index is 1780. The molecule has 0 saturated heterocycles. The highest BCUT2D eigenvalue weighted by molar-refractivity contribution is 5.88. The summed E-state index contributed by atoms with van der Waals surface area (Å²) < 4.78 is 20.0. The smallest absolute Gasteiger partial charge is 0.360 e. The van der Waals surface area contributed by atoms with E-state index in [4.69, 9.17) is 13.9 Å². The predicted octanol–water partition coefficient (Wildman–Crippen LogP) is 4.90. The summed E-state index contributed by atoms with van der Waals surface area (Å²) in [6.07, 6.45) is 6.28. The predicted molar refractivity (Wildman–Crippen MR) is 135 cm³/mol. The molecule has 0 aliphatic heterocycles. The Morgan fingerprint density at radius 1 is 1.11 bits per heavy atom. The molecule has 0 atom stereocenters. The number of carbonyl (C=O) groups excluding carboxylic acids is 1. The average Bonchev–Trinajstić information content (AvgIpc) is 3.66. The highest BCUT2D eigenvalue weighted by atomic mass is 16.5. The topological polar surface area (TPSA) is 122 Å². The van der Waals surface area contributed by atoms with Crippen molar-refractivity contribution in [2.24, 2.45) is 7.05 Å². The van der Waals surface area contributed by atoms with E-state index in [9.17, 15) is 4.79 Å². The lowest BCUT2D eigenvalue weighted by Crippen LogP contribution is -2.05. The third kappa shape index (κ3) is 4.01. The molecule has 0 aliphatic rings. The number of aryl methyl sites for hydroxylation is 2. The minimum atomic E-state index is -0.592. The molecular weight excluding hydrogens is 474 g/mol. The highest BCUT2D eigenvalue weighted by Gasteiger charge is 2.20. The molecule has 11 heteroatoms. The van der Waals surface area contributed by atoms with E-state index in [-0.39, 0.29) is 11.6 Å². The summed E-state index contributed by atoms with van der Waals surface area (Å²) in [5, 5.41) is 7.77. The molecule has 0 bridgehead atoms. The molecule has 0 amide bonds. The zero-order chi connectivity index (χ0) is 25.5. The maximum atomic E-state index is 11.9. The Morgan fingerprint density at radius 3 is 2.84 bits per heavy atom. The minimum Gasteiger partial charge on any atom is -0.464 e. The zero-order valence-corrected chi connectivity index (χ0v) is 20.2. The second-order valence-electron chi connectivity index (χ2n) is 8.36. The second kappa shape index (κ2) is 8.79. The molecule has 0 unspecified atom stereocenters. The number of anilines is 2. The molecule has 4 heterocycles. The van der Waals surface area contributed by atoms with Crippen LogP contribution in [0.15, 0.2) is 71.9 Å². The van der Waals surface area contributed by atoms with Crippen molar-refractivity contribution in [3.63, 3.8) is 0 Å². The van der Waals surface area contributed by atoms with Crippen LogP contribution in [0.3, 0.4) is 0 Å². The van der Waals surface area contributed by atoms with Crippen LogP contribution in [0.1, 0.15) is 16.1 Å². The number of aromatic nitrogens is 6. The molecule has 4 aromatic heterocycles. The molecule has 6 aromatic rings. The van der Waals surface area contributed by atoms with E-state index in [1.165, 1.54) is 13.4 Å². The summed E-state index contributed by atoms with van der Waals surface area (Å²) in [6, 6.07) is 13.4. The number of esters is 1. The molecule has 37 heavy (non-hydrogen) atoms. The first-order valence-electron chi connectivity index (χ1n) is 11.3. The van der Waals surface area contributed by atoms with Crippen LogP contribution in [0.25, 0.3) is 28.1 Å². The van der Waals surface area contributed by atoms with Crippen LogP contribution in [0, 0.1) is 6.92 Å². The summed E-state index contributed by atoms with van der Waals surface area (Å²) in [7, 11) is 3.24. The second-order valence-corrected chi connectivity index (χ2v) is 8.36. The van der Waals surface area contributed by atoms with Crippen molar-refractivity contribution < 1.29 is 18.7 Å². The third-order valence-electron chi connectivity index (χ3n) is 5.91. The maximum Gasteiger partial charge on any atom is 0.360 e. The van der Waals surface area contributed by atoms with Crippen LogP contribution < -0.4 is 10.1 Å². The molecule has 0 fully saturated rings. The van der Waals surface area contributed by atoms with E-state index < -0.39 is 5.97 Å². The van der Waals surface area contributed by atoms with E-state index in [2.05, 4.69) is 25.4 Å². The first-order chi connectivity index (χ1) is 18.0. The summed E-state index contributed by atoms with van der Waals surface area (Å²) >= 11 is 0. The highest BCUT2D eigenvalue weighted by Crippen LogP contribution is 2.33. The fraction of sp³-hybridized carbons (Fsp3) is 0.115. The number of hydrogen-bond acceptors (Lipinski definition) is 9. The van der Waals surface area contributed by atoms with Crippen molar-refractivity contribution in [1.82, 2.24) is 29.1 Å². The van der Waals surface area contributed by atoms with Gasteiger partial charge in [0.2, 0.25) is 5.89 Å². The number of nitrogens with one attached hydrogen (secondary N) is 1. The van der Waals surface area contributed by atoms with Crippen molar-refractivity contribution in [2.45, 2.75) is 6.92 Å². The molecule has 11 nitrogen and oxygen atoms in total. The van der Waals surface area contributed by atoms with Crippen molar-refractivity contribution >= 4 is 34.2 Å². The lowest BCUT2D eigenvalue weighted by molar-refractivity contribution is 0.0594. The number of methoxy groups -OCH3 is 1. The molecule has 0 aliphatic carbocycles. The number of imidazole rings is 1. The van der Waals surface area contributed by atoms with Gasteiger partial charge < -0.3 is 23.8 Å². The van der Waals surface area contributed by atoms with Gasteiger partial charge in [0.15, 0.2) is 11.3 Å². The Balaban J connectivity index is 1.32. The first kappa shape index (κ1) is 22.3. The number of hydrogen-bond donors (Lipinski definition) is 1. The molecule has 184 valence electrons. The van der Waals surface area contributed by atoms with Gasteiger partial charge in [-0.3, -0.25) is 0 Å². The molecule has 2 aromatic carbocycles. The number of rotatable bonds is 6. The van der Waals surface area contributed by atoms with Gasteiger partial charge >= 0.3 is 5.97 Å². The van der Waals surface area contributed by atoms with Crippen molar-refractivity contribution in [1.29, 1.82) is 0 Å². The fourth-order valence-electron chi connectivity index (χ4n) is 4.03. The van der Waals surface area contributed by atoms with Crippen LogP contribution in [-0.4, -0.2) is 42.2 Å².